The van der Waals surface area contributed by atoms with Gasteiger partial charge in [-0.25, -0.2) is 0 Å². The van der Waals surface area contributed by atoms with Crippen LogP contribution in [0.4, 0.5) is 0 Å². The Kier molecular flexibility index (Phi) is 5.41. The summed E-state index contributed by atoms with van der Waals surface area (Å²) in [4.78, 5) is 0. The Morgan fingerprint density at radius 1 is 1.13 bits per heavy atom. The number of ether oxygens (including phenoxy) is 4. The molecule has 0 aliphatic carbocycles. The van der Waals surface area contributed by atoms with Gasteiger partial charge in [0.05, 0.1) is 38.0 Å². The third kappa shape index (κ3) is 3.51. The molecule has 8 heteroatoms. The Morgan fingerprint density at radius 2 is 1.87 bits per heavy atom. The average molecular weight is 418 g/mol. The standard InChI is InChI=1S/C23H22N4O4/c1-4-30-14-7-5-13(6-8-14)19-17(12-24)22(25)31-23-20(19)21(26-27-23)16-11-15(28-2)9-10-18(16)29-3/h5-11,19H,4,25H2,1-3H3,(H,26,27)/t19-/m0/s1. The smallest absolute Gasteiger partial charge is 0.244 e. The first kappa shape index (κ1) is 20.2. The summed E-state index contributed by atoms with van der Waals surface area (Å²) in [5.41, 5.74) is 9.32. The summed E-state index contributed by atoms with van der Waals surface area (Å²) in [6, 6.07) is 15.2. The van der Waals surface area contributed by atoms with Crippen LogP contribution >= 0.6 is 0 Å². The minimum atomic E-state index is -0.478. The molecule has 2 aromatic carbocycles. The van der Waals surface area contributed by atoms with Crippen molar-refractivity contribution in [2.75, 3.05) is 20.8 Å². The van der Waals surface area contributed by atoms with Gasteiger partial charge in [0, 0.05) is 5.56 Å². The van der Waals surface area contributed by atoms with Gasteiger partial charge in [0.25, 0.3) is 0 Å². The Labute approximate surface area is 179 Å². The topological polar surface area (TPSA) is 115 Å². The van der Waals surface area contributed by atoms with E-state index in [1.165, 1.54) is 0 Å². The predicted octanol–water partition coefficient (Wildman–Crippen LogP) is 3.71. The van der Waals surface area contributed by atoms with Crippen LogP contribution in [-0.2, 0) is 0 Å². The van der Waals surface area contributed by atoms with E-state index in [1.54, 1.807) is 14.2 Å². The zero-order chi connectivity index (χ0) is 22.0. The zero-order valence-corrected chi connectivity index (χ0v) is 17.4. The molecule has 2 heterocycles. The van der Waals surface area contributed by atoms with Crippen molar-refractivity contribution in [2.45, 2.75) is 12.8 Å². The number of fused-ring (bicyclic) bond motifs is 1. The number of methoxy groups -OCH3 is 2. The number of nitriles is 1. The van der Waals surface area contributed by atoms with Crippen molar-refractivity contribution in [1.82, 2.24) is 10.2 Å². The first-order chi connectivity index (χ1) is 15.1. The number of aromatic nitrogens is 2. The Bertz CT molecular complexity index is 1180. The van der Waals surface area contributed by atoms with Crippen LogP contribution in [0.5, 0.6) is 23.1 Å². The molecule has 0 unspecified atom stereocenters. The number of benzene rings is 2. The summed E-state index contributed by atoms with van der Waals surface area (Å²) >= 11 is 0. The molecule has 0 bridgehead atoms. The van der Waals surface area contributed by atoms with Gasteiger partial charge in [-0.3, -0.25) is 5.10 Å². The van der Waals surface area contributed by atoms with E-state index in [2.05, 4.69) is 16.3 Å². The van der Waals surface area contributed by atoms with Crippen LogP contribution in [0.25, 0.3) is 11.3 Å². The average Bonchev–Trinajstić information content (AvgIpc) is 3.21. The lowest BCUT2D eigenvalue weighted by atomic mass is 9.83. The molecule has 0 fully saturated rings. The molecule has 1 aliphatic rings. The van der Waals surface area contributed by atoms with Crippen molar-refractivity contribution in [1.29, 1.82) is 5.26 Å². The van der Waals surface area contributed by atoms with Crippen LogP contribution < -0.4 is 24.7 Å². The molecule has 31 heavy (non-hydrogen) atoms. The van der Waals surface area contributed by atoms with Crippen LogP contribution in [0, 0.1) is 11.3 Å². The highest BCUT2D eigenvalue weighted by atomic mass is 16.5. The third-order valence-electron chi connectivity index (χ3n) is 5.14. The maximum atomic E-state index is 9.87. The number of hydrogen-bond donors (Lipinski definition) is 2. The lowest BCUT2D eigenvalue weighted by Gasteiger charge is -2.24. The second-order valence-electron chi connectivity index (χ2n) is 6.81. The van der Waals surface area contributed by atoms with Gasteiger partial charge in [0.2, 0.25) is 11.8 Å². The molecule has 158 valence electrons. The molecule has 1 atom stereocenters. The summed E-state index contributed by atoms with van der Waals surface area (Å²) < 4.78 is 22.2. The molecule has 0 saturated carbocycles. The van der Waals surface area contributed by atoms with Gasteiger partial charge in [-0.15, -0.1) is 5.10 Å². The highest BCUT2D eigenvalue weighted by Gasteiger charge is 2.36. The second-order valence-corrected chi connectivity index (χ2v) is 6.81. The Morgan fingerprint density at radius 3 is 2.52 bits per heavy atom. The maximum Gasteiger partial charge on any atom is 0.244 e. The predicted molar refractivity (Wildman–Crippen MR) is 114 cm³/mol. The third-order valence-corrected chi connectivity index (χ3v) is 5.14. The molecule has 3 N–H and O–H groups in total. The maximum absolute atomic E-state index is 9.87. The van der Waals surface area contributed by atoms with E-state index < -0.39 is 5.92 Å². The van der Waals surface area contributed by atoms with Gasteiger partial charge >= 0.3 is 0 Å². The second kappa shape index (κ2) is 8.32. The van der Waals surface area contributed by atoms with Gasteiger partial charge in [0.15, 0.2) is 0 Å². The number of rotatable bonds is 6. The largest absolute Gasteiger partial charge is 0.497 e. The highest BCUT2D eigenvalue weighted by molar-refractivity contribution is 5.76. The molecule has 4 rings (SSSR count). The Balaban J connectivity index is 1.91. The molecule has 1 aliphatic heterocycles. The van der Waals surface area contributed by atoms with Gasteiger partial charge in [0.1, 0.15) is 28.9 Å². The molecule has 0 spiro atoms. The summed E-state index contributed by atoms with van der Waals surface area (Å²) in [6.45, 7) is 2.49. The lowest BCUT2D eigenvalue weighted by Crippen LogP contribution is -2.21. The number of nitrogens with zero attached hydrogens (tertiary/aromatic N) is 2. The van der Waals surface area contributed by atoms with E-state index >= 15 is 0 Å². The van der Waals surface area contributed by atoms with E-state index in [-0.39, 0.29) is 5.88 Å². The summed E-state index contributed by atoms with van der Waals surface area (Å²) in [7, 11) is 3.18. The van der Waals surface area contributed by atoms with Crippen molar-refractivity contribution in [2.24, 2.45) is 5.73 Å². The van der Waals surface area contributed by atoms with Gasteiger partial charge < -0.3 is 24.7 Å². The lowest BCUT2D eigenvalue weighted by molar-refractivity contribution is 0.340. The molecule has 0 amide bonds. The van der Waals surface area contributed by atoms with Crippen molar-refractivity contribution >= 4 is 0 Å². The number of nitrogens with one attached hydrogen (secondary N) is 1. The fourth-order valence-electron chi connectivity index (χ4n) is 3.72. The molecule has 1 aromatic heterocycles. The van der Waals surface area contributed by atoms with E-state index in [4.69, 9.17) is 24.7 Å². The van der Waals surface area contributed by atoms with E-state index in [9.17, 15) is 5.26 Å². The summed E-state index contributed by atoms with van der Waals surface area (Å²) in [5, 5.41) is 17.2. The molecule has 3 aromatic rings. The minimum Gasteiger partial charge on any atom is -0.497 e. The summed E-state index contributed by atoms with van der Waals surface area (Å²) in [6.07, 6.45) is 0. The van der Waals surface area contributed by atoms with E-state index in [1.807, 2.05) is 49.4 Å². The first-order valence-corrected chi connectivity index (χ1v) is 9.72. The molecular weight excluding hydrogens is 396 g/mol. The quantitative estimate of drug-likeness (QED) is 0.627. The fraction of sp³-hybridized carbons (Fsp3) is 0.217. The van der Waals surface area contributed by atoms with Crippen LogP contribution in [-0.4, -0.2) is 31.0 Å². The van der Waals surface area contributed by atoms with Crippen LogP contribution in [0.3, 0.4) is 0 Å². The van der Waals surface area contributed by atoms with Crippen LogP contribution in [0.2, 0.25) is 0 Å². The number of nitrogens with two attached hydrogens (primary N) is 1. The van der Waals surface area contributed by atoms with Crippen molar-refractivity contribution in [3.05, 3.63) is 65.0 Å². The molecule has 0 saturated heterocycles. The SMILES string of the molecule is CCOc1ccc([C@H]2C(C#N)=C(N)Oc3n[nH]c(-c4cc(OC)ccc4OC)c32)cc1. The number of allylic oxidation sites excluding steroid dienone is 1. The fourth-order valence-corrected chi connectivity index (χ4v) is 3.72. The monoisotopic (exact) mass is 418 g/mol. The number of hydrogen-bond acceptors (Lipinski definition) is 7. The van der Waals surface area contributed by atoms with Crippen LogP contribution in [0.15, 0.2) is 53.9 Å². The minimum absolute atomic E-state index is 0.0320. The van der Waals surface area contributed by atoms with Crippen molar-refractivity contribution in [3.63, 3.8) is 0 Å². The van der Waals surface area contributed by atoms with E-state index in [0.717, 1.165) is 16.9 Å². The summed E-state index contributed by atoms with van der Waals surface area (Å²) in [5.74, 6) is 1.90. The number of H-pyrrole nitrogens is 1. The van der Waals surface area contributed by atoms with Crippen molar-refractivity contribution in [3.8, 4) is 40.5 Å². The molecule has 0 radical (unpaired) electrons. The normalized spacial score (nSPS) is 15.0. The van der Waals surface area contributed by atoms with Crippen molar-refractivity contribution < 1.29 is 18.9 Å². The Hall–Kier alpha value is -4.12. The molecular formula is C23H22N4O4. The van der Waals surface area contributed by atoms with Crippen LogP contribution in [0.1, 0.15) is 24.0 Å². The van der Waals surface area contributed by atoms with Gasteiger partial charge in [-0.2, -0.15) is 5.26 Å². The highest BCUT2D eigenvalue weighted by Crippen LogP contribution is 2.47. The van der Waals surface area contributed by atoms with Gasteiger partial charge in [-0.05, 0) is 42.8 Å². The van der Waals surface area contributed by atoms with Gasteiger partial charge in [-0.1, -0.05) is 12.1 Å². The first-order valence-electron chi connectivity index (χ1n) is 9.72. The number of aromatic amines is 1. The zero-order valence-electron chi connectivity index (χ0n) is 17.4. The van der Waals surface area contributed by atoms with E-state index in [0.29, 0.717) is 40.8 Å². The molecule has 8 nitrogen and oxygen atoms in total.